The second-order valence-corrected chi connectivity index (χ2v) is 5.83. The summed E-state index contributed by atoms with van der Waals surface area (Å²) >= 11 is 7.68. The number of anilines is 2. The zero-order chi connectivity index (χ0) is 17.5. The van der Waals surface area contributed by atoms with E-state index in [1.165, 1.54) is 11.8 Å². The highest BCUT2D eigenvalue weighted by Crippen LogP contribution is 2.32. The van der Waals surface area contributed by atoms with Gasteiger partial charge >= 0.3 is 6.03 Å². The molecule has 2 aromatic rings. The standard InChI is InChI=1S/C15H18ClN5O2S/c1-17-15(23)19-10-5-3-9(4-6-10)13-20-12(16)11(24-2)14(21-13)18-7-8-22/h3-6,22H,7-8H2,1-2H3,(H2,17,19,23)(H,18,20,21). The molecular formula is C15H18ClN5O2S. The van der Waals surface area contributed by atoms with Crippen molar-refractivity contribution in [3.8, 4) is 11.4 Å². The summed E-state index contributed by atoms with van der Waals surface area (Å²) in [6.07, 6.45) is 1.88. The van der Waals surface area contributed by atoms with Crippen molar-refractivity contribution in [1.82, 2.24) is 15.3 Å². The molecule has 0 aliphatic heterocycles. The molecule has 0 atom stereocenters. The lowest BCUT2D eigenvalue weighted by atomic mass is 10.2. The molecule has 0 saturated heterocycles. The highest BCUT2D eigenvalue weighted by atomic mass is 35.5. The highest BCUT2D eigenvalue weighted by Gasteiger charge is 2.13. The SMILES string of the molecule is CNC(=O)Nc1ccc(-c2nc(Cl)c(SC)c(NCCO)n2)cc1. The maximum atomic E-state index is 11.3. The molecule has 9 heteroatoms. The Morgan fingerprint density at radius 3 is 2.58 bits per heavy atom. The Labute approximate surface area is 149 Å². The van der Waals surface area contributed by atoms with Gasteiger partial charge in [-0.05, 0) is 30.5 Å². The van der Waals surface area contributed by atoms with Gasteiger partial charge in [0, 0.05) is 24.8 Å². The van der Waals surface area contributed by atoms with Crippen LogP contribution in [0.3, 0.4) is 0 Å². The number of nitrogens with one attached hydrogen (secondary N) is 3. The molecule has 7 nitrogen and oxygen atoms in total. The van der Waals surface area contributed by atoms with Crippen LogP contribution in [0.4, 0.5) is 16.3 Å². The van der Waals surface area contributed by atoms with Crippen molar-refractivity contribution in [2.24, 2.45) is 0 Å². The number of thioether (sulfide) groups is 1. The van der Waals surface area contributed by atoms with E-state index in [4.69, 9.17) is 16.7 Å². The van der Waals surface area contributed by atoms with Gasteiger partial charge in [0.25, 0.3) is 0 Å². The van der Waals surface area contributed by atoms with Gasteiger partial charge in [-0.15, -0.1) is 11.8 Å². The van der Waals surface area contributed by atoms with Gasteiger partial charge in [0.15, 0.2) is 5.82 Å². The van der Waals surface area contributed by atoms with E-state index in [0.29, 0.717) is 29.0 Å². The first-order valence-electron chi connectivity index (χ1n) is 7.14. The number of aromatic nitrogens is 2. The first kappa shape index (κ1) is 18.3. The smallest absolute Gasteiger partial charge is 0.318 e. The quantitative estimate of drug-likeness (QED) is 0.463. The molecule has 1 aromatic carbocycles. The van der Waals surface area contributed by atoms with Gasteiger partial charge in [-0.2, -0.15) is 0 Å². The summed E-state index contributed by atoms with van der Waals surface area (Å²) in [6, 6.07) is 6.81. The van der Waals surface area contributed by atoms with Gasteiger partial charge < -0.3 is 21.1 Å². The molecule has 2 amide bonds. The lowest BCUT2D eigenvalue weighted by Crippen LogP contribution is -2.24. The van der Waals surface area contributed by atoms with Crippen molar-refractivity contribution < 1.29 is 9.90 Å². The molecule has 0 aliphatic rings. The Morgan fingerprint density at radius 2 is 2.00 bits per heavy atom. The number of carbonyl (C=O) groups is 1. The van der Waals surface area contributed by atoms with Crippen LogP contribution in [0.1, 0.15) is 0 Å². The molecule has 0 fully saturated rings. The summed E-state index contributed by atoms with van der Waals surface area (Å²) in [6.45, 7) is 0.361. The Hall–Kier alpha value is -2.03. The number of halogens is 1. The van der Waals surface area contributed by atoms with Crippen LogP contribution in [-0.4, -0.2) is 47.6 Å². The summed E-state index contributed by atoms with van der Waals surface area (Å²) in [7, 11) is 1.55. The average Bonchev–Trinajstić information content (AvgIpc) is 2.60. The second-order valence-electron chi connectivity index (χ2n) is 4.65. The van der Waals surface area contributed by atoms with Crippen molar-refractivity contribution in [2.75, 3.05) is 37.1 Å². The fourth-order valence-corrected chi connectivity index (χ4v) is 2.85. The Morgan fingerprint density at radius 1 is 1.29 bits per heavy atom. The molecular weight excluding hydrogens is 350 g/mol. The van der Waals surface area contributed by atoms with E-state index in [1.807, 2.05) is 6.26 Å². The second kappa shape index (κ2) is 8.72. The van der Waals surface area contributed by atoms with E-state index >= 15 is 0 Å². The minimum Gasteiger partial charge on any atom is -0.395 e. The number of carbonyl (C=O) groups excluding carboxylic acids is 1. The Bertz CT molecular complexity index is 712. The number of hydrogen-bond acceptors (Lipinski definition) is 6. The van der Waals surface area contributed by atoms with E-state index in [1.54, 1.807) is 31.3 Å². The third kappa shape index (κ3) is 4.50. The van der Waals surface area contributed by atoms with E-state index in [9.17, 15) is 4.79 Å². The highest BCUT2D eigenvalue weighted by molar-refractivity contribution is 7.98. The topological polar surface area (TPSA) is 99.2 Å². The molecule has 24 heavy (non-hydrogen) atoms. The number of urea groups is 1. The summed E-state index contributed by atoms with van der Waals surface area (Å²) in [4.78, 5) is 20.8. The number of amides is 2. The zero-order valence-corrected chi connectivity index (χ0v) is 14.8. The first-order chi connectivity index (χ1) is 11.6. The monoisotopic (exact) mass is 367 g/mol. The van der Waals surface area contributed by atoms with E-state index in [2.05, 4.69) is 25.9 Å². The average molecular weight is 368 g/mol. The van der Waals surface area contributed by atoms with E-state index in [0.717, 1.165) is 10.5 Å². The van der Waals surface area contributed by atoms with Crippen LogP contribution in [0.2, 0.25) is 5.15 Å². The van der Waals surface area contributed by atoms with Crippen LogP contribution >= 0.6 is 23.4 Å². The van der Waals surface area contributed by atoms with Crippen LogP contribution in [0.5, 0.6) is 0 Å². The Balaban J connectivity index is 2.30. The van der Waals surface area contributed by atoms with Crippen LogP contribution < -0.4 is 16.0 Å². The first-order valence-corrected chi connectivity index (χ1v) is 8.74. The van der Waals surface area contributed by atoms with Crippen molar-refractivity contribution in [2.45, 2.75) is 4.90 Å². The van der Waals surface area contributed by atoms with Gasteiger partial charge in [-0.25, -0.2) is 14.8 Å². The van der Waals surface area contributed by atoms with Gasteiger partial charge in [-0.1, -0.05) is 11.6 Å². The van der Waals surface area contributed by atoms with E-state index in [-0.39, 0.29) is 12.6 Å². The third-order valence-corrected chi connectivity index (χ3v) is 4.24. The predicted octanol–water partition coefficient (Wildman–Crippen LogP) is 2.67. The molecule has 0 spiro atoms. The van der Waals surface area contributed by atoms with Crippen molar-refractivity contribution in [3.63, 3.8) is 0 Å². The number of hydrogen-bond donors (Lipinski definition) is 4. The molecule has 0 bridgehead atoms. The lowest BCUT2D eigenvalue weighted by Gasteiger charge is -2.12. The maximum absolute atomic E-state index is 11.3. The predicted molar refractivity (Wildman–Crippen MR) is 97.9 cm³/mol. The summed E-state index contributed by atoms with van der Waals surface area (Å²) in [5, 5.41) is 17.5. The van der Waals surface area contributed by atoms with Gasteiger partial charge in [0.2, 0.25) is 0 Å². The number of nitrogens with zero attached hydrogens (tertiary/aromatic N) is 2. The Kier molecular flexibility index (Phi) is 6.65. The van der Waals surface area contributed by atoms with Crippen molar-refractivity contribution in [3.05, 3.63) is 29.4 Å². The zero-order valence-electron chi connectivity index (χ0n) is 13.3. The number of aliphatic hydroxyl groups is 1. The molecule has 4 N–H and O–H groups in total. The molecule has 1 aromatic heterocycles. The third-order valence-electron chi connectivity index (χ3n) is 3.06. The number of aliphatic hydroxyl groups excluding tert-OH is 1. The summed E-state index contributed by atoms with van der Waals surface area (Å²) in [5.41, 5.74) is 1.42. The fourth-order valence-electron chi connectivity index (χ4n) is 1.92. The summed E-state index contributed by atoms with van der Waals surface area (Å²) in [5.74, 6) is 1.05. The largest absolute Gasteiger partial charge is 0.395 e. The minimum atomic E-state index is -0.290. The minimum absolute atomic E-state index is 0.00929. The molecule has 128 valence electrons. The van der Waals surface area contributed by atoms with E-state index < -0.39 is 0 Å². The molecule has 0 aliphatic carbocycles. The van der Waals surface area contributed by atoms with Crippen molar-refractivity contribution in [1.29, 1.82) is 0 Å². The lowest BCUT2D eigenvalue weighted by molar-refractivity contribution is 0.254. The van der Waals surface area contributed by atoms with Crippen LogP contribution in [0.15, 0.2) is 29.2 Å². The van der Waals surface area contributed by atoms with Crippen molar-refractivity contribution >= 4 is 40.9 Å². The van der Waals surface area contributed by atoms with Gasteiger partial charge in [0.1, 0.15) is 11.0 Å². The summed E-state index contributed by atoms with van der Waals surface area (Å²) < 4.78 is 0. The normalized spacial score (nSPS) is 10.3. The fraction of sp³-hybridized carbons (Fsp3) is 0.267. The molecule has 0 saturated carbocycles. The van der Waals surface area contributed by atoms with Gasteiger partial charge in [-0.3, -0.25) is 0 Å². The maximum Gasteiger partial charge on any atom is 0.318 e. The van der Waals surface area contributed by atoms with Crippen LogP contribution in [-0.2, 0) is 0 Å². The molecule has 0 radical (unpaired) electrons. The van der Waals surface area contributed by atoms with Crippen LogP contribution in [0.25, 0.3) is 11.4 Å². The molecule has 1 heterocycles. The number of rotatable bonds is 6. The number of benzene rings is 1. The molecule has 2 rings (SSSR count). The molecule has 0 unspecified atom stereocenters. The van der Waals surface area contributed by atoms with Gasteiger partial charge in [0.05, 0.1) is 11.5 Å². The van der Waals surface area contributed by atoms with Crippen LogP contribution in [0, 0.1) is 0 Å².